The van der Waals surface area contributed by atoms with Crippen molar-refractivity contribution < 1.29 is 18.9 Å². The molecular formula is C19H19N3O4. The van der Waals surface area contributed by atoms with Crippen molar-refractivity contribution in [2.24, 2.45) is 0 Å². The minimum Gasteiger partial charge on any atom is -0.494 e. The van der Waals surface area contributed by atoms with Crippen LogP contribution in [0.1, 0.15) is 12.5 Å². The van der Waals surface area contributed by atoms with Crippen LogP contribution in [-0.2, 0) is 4.79 Å². The number of benzene rings is 2. The minimum absolute atomic E-state index is 0.140. The second kappa shape index (κ2) is 8.15. The summed E-state index contributed by atoms with van der Waals surface area (Å²) >= 11 is 0. The topological polar surface area (TPSA) is 86.5 Å². The fourth-order valence-electron chi connectivity index (χ4n) is 2.41. The van der Waals surface area contributed by atoms with E-state index in [-0.39, 0.29) is 18.3 Å². The van der Waals surface area contributed by atoms with Crippen LogP contribution in [0.2, 0.25) is 0 Å². The lowest BCUT2D eigenvalue weighted by Crippen LogP contribution is -2.20. The van der Waals surface area contributed by atoms with Crippen LogP contribution in [0, 0.1) is 6.92 Å². The zero-order valence-corrected chi connectivity index (χ0v) is 14.6. The molecule has 26 heavy (non-hydrogen) atoms. The van der Waals surface area contributed by atoms with Crippen molar-refractivity contribution in [3.8, 4) is 22.8 Å². The highest BCUT2D eigenvalue weighted by Gasteiger charge is 2.16. The SMILES string of the molecule is CCOc1ccc(-c2nonc2NC(=O)COc2ccccc2)cc1C. The van der Waals surface area contributed by atoms with Gasteiger partial charge in [0.2, 0.25) is 5.82 Å². The summed E-state index contributed by atoms with van der Waals surface area (Å²) < 4.78 is 15.7. The van der Waals surface area contributed by atoms with Crippen LogP contribution in [-0.4, -0.2) is 29.4 Å². The van der Waals surface area contributed by atoms with E-state index in [1.807, 2.05) is 50.2 Å². The summed E-state index contributed by atoms with van der Waals surface area (Å²) in [4.78, 5) is 12.1. The third kappa shape index (κ3) is 4.18. The van der Waals surface area contributed by atoms with Gasteiger partial charge in [0.1, 0.15) is 11.5 Å². The number of rotatable bonds is 7. The number of para-hydroxylation sites is 1. The van der Waals surface area contributed by atoms with Crippen molar-refractivity contribution in [1.29, 1.82) is 0 Å². The first-order valence-corrected chi connectivity index (χ1v) is 8.21. The van der Waals surface area contributed by atoms with E-state index < -0.39 is 0 Å². The highest BCUT2D eigenvalue weighted by Crippen LogP contribution is 2.29. The van der Waals surface area contributed by atoms with E-state index in [0.717, 1.165) is 16.9 Å². The van der Waals surface area contributed by atoms with E-state index in [9.17, 15) is 4.79 Å². The molecule has 0 aliphatic rings. The molecule has 1 N–H and O–H groups in total. The van der Waals surface area contributed by atoms with Crippen molar-refractivity contribution in [3.63, 3.8) is 0 Å². The molecule has 134 valence electrons. The summed E-state index contributed by atoms with van der Waals surface area (Å²) in [6.45, 7) is 4.32. The first-order chi connectivity index (χ1) is 12.7. The zero-order chi connectivity index (χ0) is 18.4. The predicted octanol–water partition coefficient (Wildman–Crippen LogP) is 3.46. The molecule has 2 aromatic carbocycles. The number of nitrogens with zero attached hydrogens (tertiary/aromatic N) is 2. The van der Waals surface area contributed by atoms with E-state index >= 15 is 0 Å². The predicted molar refractivity (Wildman–Crippen MR) is 96.2 cm³/mol. The number of carbonyl (C=O) groups excluding carboxylic acids is 1. The lowest BCUT2D eigenvalue weighted by molar-refractivity contribution is -0.118. The standard InChI is InChI=1S/C19H19N3O4/c1-3-24-16-10-9-14(11-13(16)2)18-19(22-26-21-18)20-17(23)12-25-15-7-5-4-6-8-15/h4-11H,3,12H2,1-2H3,(H,20,22,23). The maximum atomic E-state index is 12.1. The Kier molecular flexibility index (Phi) is 5.48. The number of aromatic nitrogens is 2. The number of ether oxygens (including phenoxy) is 2. The number of nitrogens with one attached hydrogen (secondary N) is 1. The molecule has 0 unspecified atom stereocenters. The fraction of sp³-hybridized carbons (Fsp3) is 0.211. The Morgan fingerprint density at radius 2 is 1.92 bits per heavy atom. The normalized spacial score (nSPS) is 10.4. The van der Waals surface area contributed by atoms with Crippen molar-refractivity contribution in [2.75, 3.05) is 18.5 Å². The van der Waals surface area contributed by atoms with Gasteiger partial charge in [-0.2, -0.15) is 0 Å². The van der Waals surface area contributed by atoms with Gasteiger partial charge in [0, 0.05) is 5.56 Å². The molecule has 7 nitrogen and oxygen atoms in total. The van der Waals surface area contributed by atoms with Crippen LogP contribution < -0.4 is 14.8 Å². The van der Waals surface area contributed by atoms with Crippen molar-refractivity contribution in [1.82, 2.24) is 10.3 Å². The monoisotopic (exact) mass is 353 g/mol. The zero-order valence-electron chi connectivity index (χ0n) is 14.6. The lowest BCUT2D eigenvalue weighted by atomic mass is 10.1. The molecule has 0 fully saturated rings. The van der Waals surface area contributed by atoms with Crippen LogP contribution in [0.4, 0.5) is 5.82 Å². The van der Waals surface area contributed by atoms with Gasteiger partial charge in [-0.15, -0.1) is 0 Å². The Hall–Kier alpha value is -3.35. The number of carbonyl (C=O) groups is 1. The minimum atomic E-state index is -0.353. The van der Waals surface area contributed by atoms with Crippen LogP contribution >= 0.6 is 0 Å². The molecule has 0 aliphatic carbocycles. The Bertz CT molecular complexity index is 878. The molecule has 3 aromatic rings. The summed E-state index contributed by atoms with van der Waals surface area (Å²) in [5.74, 6) is 1.31. The van der Waals surface area contributed by atoms with Crippen LogP contribution in [0.25, 0.3) is 11.3 Å². The van der Waals surface area contributed by atoms with Gasteiger partial charge in [-0.1, -0.05) is 18.2 Å². The second-order valence-electron chi connectivity index (χ2n) is 5.52. The Labute approximate surface area is 150 Å². The molecule has 0 aliphatic heterocycles. The maximum Gasteiger partial charge on any atom is 0.263 e. The van der Waals surface area contributed by atoms with Gasteiger partial charge >= 0.3 is 0 Å². The van der Waals surface area contributed by atoms with E-state index in [1.54, 1.807) is 12.1 Å². The summed E-state index contributed by atoms with van der Waals surface area (Å²) in [6, 6.07) is 14.7. The van der Waals surface area contributed by atoms with Gasteiger partial charge in [0.15, 0.2) is 12.3 Å². The lowest BCUT2D eigenvalue weighted by Gasteiger charge is -2.09. The van der Waals surface area contributed by atoms with E-state index in [1.165, 1.54) is 0 Å². The first kappa shape index (κ1) is 17.5. The first-order valence-electron chi connectivity index (χ1n) is 8.21. The summed E-state index contributed by atoms with van der Waals surface area (Å²) in [7, 11) is 0. The quantitative estimate of drug-likeness (QED) is 0.700. The van der Waals surface area contributed by atoms with E-state index in [0.29, 0.717) is 18.1 Å². The molecule has 7 heteroatoms. The van der Waals surface area contributed by atoms with Gasteiger partial charge in [0.05, 0.1) is 6.61 Å². The number of amides is 1. The number of aryl methyl sites for hydroxylation is 1. The summed E-state index contributed by atoms with van der Waals surface area (Å²) in [5.41, 5.74) is 2.17. The summed E-state index contributed by atoms with van der Waals surface area (Å²) in [6.07, 6.45) is 0. The molecule has 3 rings (SSSR count). The van der Waals surface area contributed by atoms with Crippen LogP contribution in [0.3, 0.4) is 0 Å². The van der Waals surface area contributed by atoms with Crippen molar-refractivity contribution in [2.45, 2.75) is 13.8 Å². The van der Waals surface area contributed by atoms with Gasteiger partial charge < -0.3 is 14.8 Å². The molecule has 1 amide bonds. The van der Waals surface area contributed by atoms with Gasteiger partial charge in [-0.25, -0.2) is 4.63 Å². The third-order valence-electron chi connectivity index (χ3n) is 3.61. The average Bonchev–Trinajstić information content (AvgIpc) is 3.11. The van der Waals surface area contributed by atoms with Crippen molar-refractivity contribution in [3.05, 3.63) is 54.1 Å². The molecule has 0 saturated heterocycles. The van der Waals surface area contributed by atoms with Crippen molar-refractivity contribution >= 4 is 11.7 Å². The van der Waals surface area contributed by atoms with Crippen LogP contribution in [0.5, 0.6) is 11.5 Å². The molecule has 0 bridgehead atoms. The largest absolute Gasteiger partial charge is 0.494 e. The number of hydrogen-bond donors (Lipinski definition) is 1. The van der Waals surface area contributed by atoms with E-state index in [2.05, 4.69) is 15.6 Å². The molecule has 0 atom stereocenters. The summed E-state index contributed by atoms with van der Waals surface area (Å²) in [5, 5.41) is 10.3. The Morgan fingerprint density at radius 1 is 1.12 bits per heavy atom. The fourth-order valence-corrected chi connectivity index (χ4v) is 2.41. The highest BCUT2D eigenvalue weighted by molar-refractivity contribution is 5.94. The maximum absolute atomic E-state index is 12.1. The molecule has 1 aromatic heterocycles. The molecule has 0 spiro atoms. The number of anilines is 1. The highest BCUT2D eigenvalue weighted by atomic mass is 16.6. The number of hydrogen-bond acceptors (Lipinski definition) is 6. The smallest absolute Gasteiger partial charge is 0.263 e. The average molecular weight is 353 g/mol. The third-order valence-corrected chi connectivity index (χ3v) is 3.61. The molecule has 1 heterocycles. The molecule has 0 radical (unpaired) electrons. The van der Waals surface area contributed by atoms with Gasteiger partial charge in [-0.3, -0.25) is 4.79 Å². The molecule has 0 saturated carbocycles. The van der Waals surface area contributed by atoms with E-state index in [4.69, 9.17) is 14.1 Å². The van der Waals surface area contributed by atoms with Gasteiger partial charge in [-0.05, 0) is 60.1 Å². The second-order valence-corrected chi connectivity index (χ2v) is 5.52. The Morgan fingerprint density at radius 3 is 2.65 bits per heavy atom. The molecular weight excluding hydrogens is 334 g/mol. The van der Waals surface area contributed by atoms with Gasteiger partial charge in [0.25, 0.3) is 5.91 Å². The van der Waals surface area contributed by atoms with Crippen LogP contribution in [0.15, 0.2) is 53.2 Å². The Balaban J connectivity index is 1.68.